The molecule has 31 heavy (non-hydrogen) atoms. The Bertz CT molecular complexity index is 1160. The number of piperidine rings is 1. The van der Waals surface area contributed by atoms with Gasteiger partial charge in [0.1, 0.15) is 11.6 Å². The van der Waals surface area contributed by atoms with E-state index in [0.717, 1.165) is 12.8 Å². The molecule has 0 radical (unpaired) electrons. The number of likely N-dealkylation sites (tertiary alicyclic amines) is 1. The Morgan fingerprint density at radius 3 is 2.90 bits per heavy atom. The van der Waals surface area contributed by atoms with Gasteiger partial charge in [0.2, 0.25) is 0 Å². The highest BCUT2D eigenvalue weighted by Gasteiger charge is 2.47. The van der Waals surface area contributed by atoms with Crippen molar-refractivity contribution in [2.24, 2.45) is 5.92 Å². The van der Waals surface area contributed by atoms with Crippen molar-refractivity contribution in [3.05, 3.63) is 60.3 Å². The van der Waals surface area contributed by atoms with E-state index in [-0.39, 0.29) is 29.5 Å². The van der Waals surface area contributed by atoms with E-state index in [1.54, 1.807) is 29.4 Å². The van der Waals surface area contributed by atoms with Gasteiger partial charge in [-0.3, -0.25) is 14.9 Å². The van der Waals surface area contributed by atoms with E-state index in [1.807, 2.05) is 0 Å². The number of carbonyl (C=O) groups excluding carboxylic acids is 1. The molecule has 3 aromatic rings. The summed E-state index contributed by atoms with van der Waals surface area (Å²) in [6.07, 6.45) is 7.30. The first-order chi connectivity index (χ1) is 15.1. The standard InChI is InChI=1S/C22H19FN6O2/c23-14-2-4-15(5-3-14)31-20-10-25-8-7-16(20)17-9-18(28-27-17)22(30)26-21-13-1-6-19(21)29(11-13)12-24/h2-5,7-10,13,19,21H,1,6,11H2,(H,26,30)(H,27,28)/t13?,19?,21-/m1/s1. The first-order valence-corrected chi connectivity index (χ1v) is 10.0. The van der Waals surface area contributed by atoms with Gasteiger partial charge >= 0.3 is 0 Å². The number of rotatable bonds is 5. The number of benzene rings is 1. The van der Waals surface area contributed by atoms with Crippen molar-refractivity contribution in [3.8, 4) is 28.9 Å². The maximum absolute atomic E-state index is 13.2. The van der Waals surface area contributed by atoms with Crippen LogP contribution in [0, 0.1) is 23.2 Å². The summed E-state index contributed by atoms with van der Waals surface area (Å²) in [5.41, 5.74) is 1.52. The molecule has 0 spiro atoms. The third-order valence-electron chi connectivity index (χ3n) is 5.94. The molecular formula is C22H19FN6O2. The second-order valence-corrected chi connectivity index (χ2v) is 7.75. The van der Waals surface area contributed by atoms with Gasteiger partial charge in [-0.1, -0.05) is 0 Å². The van der Waals surface area contributed by atoms with Crippen molar-refractivity contribution < 1.29 is 13.9 Å². The first kappa shape index (κ1) is 19.1. The average Bonchev–Trinajstić information content (AvgIpc) is 3.51. The van der Waals surface area contributed by atoms with Crippen LogP contribution in [0.1, 0.15) is 23.3 Å². The van der Waals surface area contributed by atoms with Crippen LogP contribution in [0.15, 0.2) is 48.8 Å². The van der Waals surface area contributed by atoms with Gasteiger partial charge in [0.05, 0.1) is 24.0 Å². The predicted molar refractivity (Wildman–Crippen MR) is 108 cm³/mol. The Kier molecular flexibility index (Phi) is 4.75. The maximum atomic E-state index is 13.2. The molecule has 156 valence electrons. The van der Waals surface area contributed by atoms with E-state index in [1.165, 1.54) is 24.3 Å². The van der Waals surface area contributed by atoms with Crippen LogP contribution < -0.4 is 10.1 Å². The van der Waals surface area contributed by atoms with E-state index >= 15 is 0 Å². The number of aromatic amines is 1. The van der Waals surface area contributed by atoms with Gasteiger partial charge in [0.25, 0.3) is 5.91 Å². The molecule has 2 bridgehead atoms. The third-order valence-corrected chi connectivity index (χ3v) is 5.94. The number of nitriles is 1. The molecule has 2 N–H and O–H groups in total. The number of hydrogen-bond donors (Lipinski definition) is 2. The summed E-state index contributed by atoms with van der Waals surface area (Å²) >= 11 is 0. The summed E-state index contributed by atoms with van der Waals surface area (Å²) in [7, 11) is 0. The van der Waals surface area contributed by atoms with Crippen LogP contribution in [-0.4, -0.2) is 44.6 Å². The van der Waals surface area contributed by atoms with Gasteiger partial charge < -0.3 is 15.0 Å². The summed E-state index contributed by atoms with van der Waals surface area (Å²) in [5, 5.41) is 19.3. The molecule has 1 saturated carbocycles. The highest BCUT2D eigenvalue weighted by Crippen LogP contribution is 2.37. The van der Waals surface area contributed by atoms with E-state index in [4.69, 9.17) is 4.74 Å². The molecule has 1 aliphatic carbocycles. The minimum atomic E-state index is -0.350. The smallest absolute Gasteiger partial charge is 0.272 e. The first-order valence-electron chi connectivity index (χ1n) is 10.0. The number of H-pyrrole nitrogens is 1. The van der Waals surface area contributed by atoms with E-state index in [0.29, 0.717) is 35.2 Å². The highest BCUT2D eigenvalue weighted by molar-refractivity contribution is 5.93. The number of aromatic nitrogens is 3. The molecule has 2 fully saturated rings. The molecule has 2 unspecified atom stereocenters. The molecule has 3 atom stereocenters. The fourth-order valence-corrected chi connectivity index (χ4v) is 4.44. The van der Waals surface area contributed by atoms with Crippen molar-refractivity contribution >= 4 is 5.91 Å². The van der Waals surface area contributed by atoms with Crippen molar-refractivity contribution in [1.82, 2.24) is 25.4 Å². The lowest BCUT2D eigenvalue weighted by Crippen LogP contribution is -2.42. The molecule has 1 saturated heterocycles. The zero-order valence-corrected chi connectivity index (χ0v) is 16.5. The molecule has 9 heteroatoms. The van der Waals surface area contributed by atoms with Gasteiger partial charge in [-0.05, 0) is 55.2 Å². The second kappa shape index (κ2) is 7.72. The minimum Gasteiger partial charge on any atom is -0.455 e. The van der Waals surface area contributed by atoms with E-state index in [2.05, 4.69) is 26.7 Å². The van der Waals surface area contributed by atoms with Crippen LogP contribution >= 0.6 is 0 Å². The zero-order valence-electron chi connectivity index (χ0n) is 16.5. The van der Waals surface area contributed by atoms with Gasteiger partial charge in [0, 0.05) is 18.3 Å². The molecule has 1 aliphatic heterocycles. The molecule has 2 aromatic heterocycles. The van der Waals surface area contributed by atoms with Crippen molar-refractivity contribution in [1.29, 1.82) is 5.26 Å². The summed E-state index contributed by atoms with van der Waals surface area (Å²) in [4.78, 5) is 18.6. The maximum Gasteiger partial charge on any atom is 0.272 e. The predicted octanol–water partition coefficient (Wildman–Crippen LogP) is 3.08. The lowest BCUT2D eigenvalue weighted by Gasteiger charge is -2.21. The molecule has 2 aliphatic rings. The van der Waals surface area contributed by atoms with Crippen molar-refractivity contribution in [2.45, 2.75) is 24.9 Å². The Labute approximate surface area is 177 Å². The molecule has 1 aromatic carbocycles. The van der Waals surface area contributed by atoms with Crippen LogP contribution in [0.3, 0.4) is 0 Å². The zero-order chi connectivity index (χ0) is 21.4. The largest absolute Gasteiger partial charge is 0.455 e. The molecule has 8 nitrogen and oxygen atoms in total. The number of halogens is 1. The fraction of sp³-hybridized carbons (Fsp3) is 0.273. The number of nitrogens with zero attached hydrogens (tertiary/aromatic N) is 4. The topological polar surface area (TPSA) is 107 Å². The normalized spacial score (nSPS) is 21.7. The fourth-order valence-electron chi connectivity index (χ4n) is 4.44. The number of nitrogens with one attached hydrogen (secondary N) is 2. The summed E-state index contributed by atoms with van der Waals surface area (Å²) < 4.78 is 19.0. The Morgan fingerprint density at radius 1 is 1.29 bits per heavy atom. The van der Waals surface area contributed by atoms with Crippen LogP contribution in [0.2, 0.25) is 0 Å². The lowest BCUT2D eigenvalue weighted by atomic mass is 10.1. The average molecular weight is 418 g/mol. The van der Waals surface area contributed by atoms with E-state index in [9.17, 15) is 14.4 Å². The highest BCUT2D eigenvalue weighted by atomic mass is 19.1. The number of ether oxygens (including phenoxy) is 1. The van der Waals surface area contributed by atoms with Crippen LogP contribution in [-0.2, 0) is 0 Å². The lowest BCUT2D eigenvalue weighted by molar-refractivity contribution is 0.0924. The van der Waals surface area contributed by atoms with Gasteiger partial charge in [-0.2, -0.15) is 10.4 Å². The molecule has 5 rings (SSSR count). The van der Waals surface area contributed by atoms with Crippen molar-refractivity contribution in [3.63, 3.8) is 0 Å². The number of fused-ring (bicyclic) bond motifs is 2. The minimum absolute atomic E-state index is 0.0365. The summed E-state index contributed by atoms with van der Waals surface area (Å²) in [5.74, 6) is 0.578. The summed E-state index contributed by atoms with van der Waals surface area (Å²) in [6.45, 7) is 0.693. The molecule has 3 heterocycles. The van der Waals surface area contributed by atoms with Crippen LogP contribution in [0.4, 0.5) is 4.39 Å². The van der Waals surface area contributed by atoms with Crippen LogP contribution in [0.25, 0.3) is 11.3 Å². The number of carbonyl (C=O) groups is 1. The Morgan fingerprint density at radius 2 is 2.13 bits per heavy atom. The number of hydrogen-bond acceptors (Lipinski definition) is 6. The molecular weight excluding hydrogens is 399 g/mol. The second-order valence-electron chi connectivity index (χ2n) is 7.75. The summed E-state index contributed by atoms with van der Waals surface area (Å²) in [6, 6.07) is 9.11. The third kappa shape index (κ3) is 3.57. The Balaban J connectivity index is 1.34. The monoisotopic (exact) mass is 418 g/mol. The molecule has 1 amide bonds. The quantitative estimate of drug-likeness (QED) is 0.617. The SMILES string of the molecule is N#CN1CC2CCC1[C@@H]2NC(=O)c1cc(-c2ccncc2Oc2ccc(F)cc2)[nH]n1. The van der Waals surface area contributed by atoms with Crippen molar-refractivity contribution in [2.75, 3.05) is 6.54 Å². The number of amides is 1. The van der Waals surface area contributed by atoms with Gasteiger partial charge in [0.15, 0.2) is 17.6 Å². The van der Waals surface area contributed by atoms with Gasteiger partial charge in [-0.25, -0.2) is 4.39 Å². The van der Waals surface area contributed by atoms with E-state index < -0.39 is 0 Å². The van der Waals surface area contributed by atoms with Crippen LogP contribution in [0.5, 0.6) is 11.5 Å². The van der Waals surface area contributed by atoms with Gasteiger partial charge in [-0.15, -0.1) is 0 Å². The Hall–Kier alpha value is -3.93. The number of pyridine rings is 1.